The summed E-state index contributed by atoms with van der Waals surface area (Å²) < 4.78 is 10.9. The Morgan fingerprint density at radius 2 is 1.78 bits per heavy atom. The molecule has 4 rings (SSSR count). The Morgan fingerprint density at radius 3 is 2.56 bits per heavy atom. The number of benzene rings is 1. The maximum absolute atomic E-state index is 12.9. The molecule has 0 spiro atoms. The zero-order valence-electron chi connectivity index (χ0n) is 15.4. The van der Waals surface area contributed by atoms with Crippen molar-refractivity contribution in [3.8, 4) is 0 Å². The van der Waals surface area contributed by atoms with Gasteiger partial charge in [0.2, 0.25) is 0 Å². The molecule has 27 heavy (non-hydrogen) atoms. The van der Waals surface area contributed by atoms with Gasteiger partial charge in [0.05, 0.1) is 11.1 Å². The van der Waals surface area contributed by atoms with Crippen molar-refractivity contribution in [1.82, 2.24) is 0 Å². The molecule has 1 amide bonds. The maximum atomic E-state index is 12.9. The highest BCUT2D eigenvalue weighted by molar-refractivity contribution is 6.14. The molecule has 1 N–H and O–H groups in total. The van der Waals surface area contributed by atoms with E-state index in [0.29, 0.717) is 46.8 Å². The summed E-state index contributed by atoms with van der Waals surface area (Å²) >= 11 is 0. The second-order valence-corrected chi connectivity index (χ2v) is 6.97. The lowest BCUT2D eigenvalue weighted by molar-refractivity contribution is 0.0955. The fourth-order valence-corrected chi connectivity index (χ4v) is 3.67. The van der Waals surface area contributed by atoms with E-state index in [4.69, 9.17) is 8.83 Å². The average molecular weight is 365 g/mol. The molecule has 6 heteroatoms. The third-order valence-corrected chi connectivity index (χ3v) is 5.02. The van der Waals surface area contributed by atoms with Gasteiger partial charge in [0.25, 0.3) is 5.91 Å². The van der Waals surface area contributed by atoms with E-state index in [2.05, 4.69) is 5.32 Å². The predicted molar refractivity (Wildman–Crippen MR) is 101 cm³/mol. The molecule has 1 aromatic carbocycles. The zero-order valence-corrected chi connectivity index (χ0v) is 15.4. The van der Waals surface area contributed by atoms with Gasteiger partial charge < -0.3 is 14.2 Å². The summed E-state index contributed by atoms with van der Waals surface area (Å²) in [6.07, 6.45) is 1.84. The highest BCUT2D eigenvalue weighted by Gasteiger charge is 2.30. The first-order valence-electron chi connectivity index (χ1n) is 8.87. The lowest BCUT2D eigenvalue weighted by Crippen LogP contribution is -2.19. The highest BCUT2D eigenvalue weighted by Crippen LogP contribution is 2.31. The Balaban J connectivity index is 1.76. The van der Waals surface area contributed by atoms with E-state index >= 15 is 0 Å². The van der Waals surface area contributed by atoms with Crippen molar-refractivity contribution in [2.45, 2.75) is 40.0 Å². The average Bonchev–Trinajstić information content (AvgIpc) is 2.93. The molecule has 0 bridgehead atoms. The van der Waals surface area contributed by atoms with Gasteiger partial charge in [0.1, 0.15) is 17.1 Å². The molecule has 0 saturated carbocycles. The standard InChI is InChI=1S/C21H19NO5/c1-10-8-18(24)27-17-7-11(2)14(9-13(10)17)22-21(25)19-12(3)26-16-6-4-5-15(23)20(16)19/h7-9H,4-6H2,1-3H3,(H,22,25). The first kappa shape index (κ1) is 17.3. The van der Waals surface area contributed by atoms with Crippen LogP contribution in [0.5, 0.6) is 0 Å². The van der Waals surface area contributed by atoms with E-state index < -0.39 is 5.63 Å². The summed E-state index contributed by atoms with van der Waals surface area (Å²) in [7, 11) is 0. The van der Waals surface area contributed by atoms with Crippen LogP contribution in [-0.4, -0.2) is 11.7 Å². The third-order valence-electron chi connectivity index (χ3n) is 5.02. The fraction of sp³-hybridized carbons (Fsp3) is 0.286. The van der Waals surface area contributed by atoms with Gasteiger partial charge in [-0.05, 0) is 50.5 Å². The van der Waals surface area contributed by atoms with Crippen molar-refractivity contribution in [3.05, 3.63) is 62.4 Å². The molecular formula is C21H19NO5. The number of nitrogens with one attached hydrogen (secondary N) is 1. The van der Waals surface area contributed by atoms with E-state index in [9.17, 15) is 14.4 Å². The van der Waals surface area contributed by atoms with Gasteiger partial charge in [-0.15, -0.1) is 0 Å². The van der Waals surface area contributed by atoms with Crippen LogP contribution in [0.3, 0.4) is 0 Å². The van der Waals surface area contributed by atoms with Crippen molar-refractivity contribution >= 4 is 28.3 Å². The van der Waals surface area contributed by atoms with Crippen molar-refractivity contribution in [2.75, 3.05) is 5.32 Å². The minimum absolute atomic E-state index is 0.0499. The second kappa shape index (κ2) is 6.23. The molecular weight excluding hydrogens is 346 g/mol. The van der Waals surface area contributed by atoms with E-state index in [0.717, 1.165) is 22.9 Å². The monoisotopic (exact) mass is 365 g/mol. The van der Waals surface area contributed by atoms with Gasteiger partial charge in [-0.1, -0.05) is 0 Å². The molecule has 1 aliphatic rings. The predicted octanol–water partition coefficient (Wildman–Crippen LogP) is 4.08. The highest BCUT2D eigenvalue weighted by atomic mass is 16.4. The first-order valence-corrected chi connectivity index (χ1v) is 8.87. The van der Waals surface area contributed by atoms with Crippen molar-refractivity contribution in [2.24, 2.45) is 0 Å². The number of Topliss-reactive ketones (excluding diaryl/α,β-unsaturated/α-hetero) is 1. The fourth-order valence-electron chi connectivity index (χ4n) is 3.67. The van der Waals surface area contributed by atoms with Gasteiger partial charge >= 0.3 is 5.63 Å². The van der Waals surface area contributed by atoms with Crippen LogP contribution in [0.1, 0.15) is 56.2 Å². The molecule has 0 saturated heterocycles. The van der Waals surface area contributed by atoms with Crippen LogP contribution >= 0.6 is 0 Å². The Hall–Kier alpha value is -3.15. The number of furan rings is 1. The van der Waals surface area contributed by atoms with Gasteiger partial charge in [-0.2, -0.15) is 0 Å². The van der Waals surface area contributed by atoms with Crippen LogP contribution in [-0.2, 0) is 6.42 Å². The number of carbonyl (C=O) groups excluding carboxylic acids is 2. The molecule has 6 nitrogen and oxygen atoms in total. The quantitative estimate of drug-likeness (QED) is 0.691. The van der Waals surface area contributed by atoms with Crippen LogP contribution in [0.25, 0.3) is 11.0 Å². The number of hydrogen-bond acceptors (Lipinski definition) is 5. The number of hydrogen-bond donors (Lipinski definition) is 1. The number of anilines is 1. The summed E-state index contributed by atoms with van der Waals surface area (Å²) in [6, 6.07) is 4.92. The number of aryl methyl sites for hydroxylation is 4. The Labute approximate surface area is 155 Å². The van der Waals surface area contributed by atoms with E-state index in [1.165, 1.54) is 6.07 Å². The number of amides is 1. The molecule has 0 fully saturated rings. The van der Waals surface area contributed by atoms with Crippen LogP contribution in [0.2, 0.25) is 0 Å². The Morgan fingerprint density at radius 1 is 1.00 bits per heavy atom. The number of rotatable bonds is 2. The van der Waals surface area contributed by atoms with Gasteiger partial charge in [-0.3, -0.25) is 9.59 Å². The smallest absolute Gasteiger partial charge is 0.336 e. The largest absolute Gasteiger partial charge is 0.465 e. The molecule has 138 valence electrons. The van der Waals surface area contributed by atoms with E-state index in [1.54, 1.807) is 19.1 Å². The van der Waals surface area contributed by atoms with Crippen molar-refractivity contribution in [3.63, 3.8) is 0 Å². The van der Waals surface area contributed by atoms with Crippen LogP contribution in [0.15, 0.2) is 31.8 Å². The summed E-state index contributed by atoms with van der Waals surface area (Å²) in [5, 5.41) is 3.63. The van der Waals surface area contributed by atoms with Crippen LogP contribution in [0.4, 0.5) is 5.69 Å². The third kappa shape index (κ3) is 2.87. The maximum Gasteiger partial charge on any atom is 0.336 e. The summed E-state index contributed by atoms with van der Waals surface area (Å²) in [6.45, 7) is 5.34. The molecule has 0 aliphatic heterocycles. The Bertz CT molecular complexity index is 1170. The SMILES string of the molecule is Cc1cc2oc(=O)cc(C)c2cc1NC(=O)c1c(C)oc2c1C(=O)CCC2. The Kier molecular flexibility index (Phi) is 3.98. The number of ketones is 1. The zero-order chi connectivity index (χ0) is 19.3. The lowest BCUT2D eigenvalue weighted by Gasteiger charge is -2.12. The molecule has 1 aliphatic carbocycles. The first-order chi connectivity index (χ1) is 12.8. The molecule has 0 unspecified atom stereocenters. The normalized spacial score (nSPS) is 13.7. The topological polar surface area (TPSA) is 89.5 Å². The molecule has 2 aromatic heterocycles. The van der Waals surface area contributed by atoms with E-state index in [-0.39, 0.29) is 11.7 Å². The summed E-state index contributed by atoms with van der Waals surface area (Å²) in [5.74, 6) is 0.631. The molecule has 3 aromatic rings. The summed E-state index contributed by atoms with van der Waals surface area (Å²) in [4.78, 5) is 36.8. The van der Waals surface area contributed by atoms with Crippen LogP contribution in [0, 0.1) is 20.8 Å². The van der Waals surface area contributed by atoms with Gasteiger partial charge in [0.15, 0.2) is 5.78 Å². The van der Waals surface area contributed by atoms with Crippen LogP contribution < -0.4 is 10.9 Å². The number of carbonyl (C=O) groups is 2. The molecule has 0 atom stereocenters. The minimum Gasteiger partial charge on any atom is -0.465 e. The summed E-state index contributed by atoms with van der Waals surface area (Å²) in [5.41, 5.74) is 2.91. The van der Waals surface area contributed by atoms with E-state index in [1.807, 2.05) is 13.8 Å². The lowest BCUT2D eigenvalue weighted by atomic mass is 9.93. The number of fused-ring (bicyclic) bond motifs is 2. The minimum atomic E-state index is -0.407. The van der Waals surface area contributed by atoms with Crippen molar-refractivity contribution in [1.29, 1.82) is 0 Å². The van der Waals surface area contributed by atoms with Crippen molar-refractivity contribution < 1.29 is 18.4 Å². The molecule has 0 radical (unpaired) electrons. The van der Waals surface area contributed by atoms with Gasteiger partial charge in [0, 0.05) is 30.0 Å². The van der Waals surface area contributed by atoms with Gasteiger partial charge in [-0.25, -0.2) is 4.79 Å². The molecule has 2 heterocycles. The second-order valence-electron chi connectivity index (χ2n) is 6.97.